The number of allylic oxidation sites excluding steroid dienone is 1. The minimum absolute atomic E-state index is 0.0215. The van der Waals surface area contributed by atoms with Crippen LogP contribution in [0.15, 0.2) is 30.4 Å². The number of carbonyl (C=O) groups is 1. The van der Waals surface area contributed by atoms with E-state index in [0.717, 1.165) is 12.0 Å². The molecular weight excluding hydrogens is 230 g/mol. The number of ether oxygens (including phenoxy) is 1. The predicted octanol–water partition coefficient (Wildman–Crippen LogP) is 2.37. The quantitative estimate of drug-likeness (QED) is 0.761. The minimum atomic E-state index is -0.0215. The van der Waals surface area contributed by atoms with Gasteiger partial charge in [-0.2, -0.15) is 0 Å². The average Bonchev–Trinajstić information content (AvgIpc) is 2.38. The summed E-state index contributed by atoms with van der Waals surface area (Å²) in [6.45, 7) is 2.45. The number of phenols is 1. The van der Waals surface area contributed by atoms with Crippen LogP contribution in [-0.2, 0) is 11.3 Å². The van der Waals surface area contributed by atoms with Crippen molar-refractivity contribution in [3.8, 4) is 11.5 Å². The second-order valence-corrected chi connectivity index (χ2v) is 3.87. The molecule has 1 aromatic rings. The molecule has 0 bridgehead atoms. The van der Waals surface area contributed by atoms with Gasteiger partial charge in [-0.25, -0.2) is 0 Å². The SMILES string of the molecule is CC/C=C/CC(=O)NCc1ccc(O)c(OC)c1. The van der Waals surface area contributed by atoms with Crippen LogP contribution in [-0.4, -0.2) is 18.1 Å². The van der Waals surface area contributed by atoms with Crippen molar-refractivity contribution >= 4 is 5.91 Å². The summed E-state index contributed by atoms with van der Waals surface area (Å²) in [6.07, 6.45) is 5.14. The largest absolute Gasteiger partial charge is 0.504 e. The van der Waals surface area contributed by atoms with Gasteiger partial charge in [-0.3, -0.25) is 4.79 Å². The fourth-order valence-corrected chi connectivity index (χ4v) is 1.46. The maximum atomic E-state index is 11.5. The van der Waals surface area contributed by atoms with E-state index in [2.05, 4.69) is 5.32 Å². The van der Waals surface area contributed by atoms with Gasteiger partial charge in [0.15, 0.2) is 11.5 Å². The fourth-order valence-electron chi connectivity index (χ4n) is 1.46. The molecule has 4 nitrogen and oxygen atoms in total. The first kappa shape index (κ1) is 14.1. The number of benzene rings is 1. The van der Waals surface area contributed by atoms with E-state index in [1.165, 1.54) is 7.11 Å². The fraction of sp³-hybridized carbons (Fsp3) is 0.357. The highest BCUT2D eigenvalue weighted by Gasteiger charge is 2.03. The Balaban J connectivity index is 2.48. The molecule has 0 radical (unpaired) electrons. The summed E-state index contributed by atoms with van der Waals surface area (Å²) in [7, 11) is 1.49. The Morgan fingerprint density at radius 2 is 2.22 bits per heavy atom. The molecule has 1 amide bonds. The van der Waals surface area contributed by atoms with E-state index in [0.29, 0.717) is 18.7 Å². The maximum Gasteiger partial charge on any atom is 0.224 e. The molecule has 0 aliphatic rings. The smallest absolute Gasteiger partial charge is 0.224 e. The summed E-state index contributed by atoms with van der Waals surface area (Å²) < 4.78 is 5.00. The summed E-state index contributed by atoms with van der Waals surface area (Å²) in [5, 5.41) is 12.2. The van der Waals surface area contributed by atoms with Crippen LogP contribution in [0.5, 0.6) is 11.5 Å². The highest BCUT2D eigenvalue weighted by atomic mass is 16.5. The second-order valence-electron chi connectivity index (χ2n) is 3.87. The number of phenolic OH excluding ortho intramolecular Hbond substituents is 1. The molecule has 0 atom stereocenters. The van der Waals surface area contributed by atoms with Crippen LogP contribution < -0.4 is 10.1 Å². The number of aromatic hydroxyl groups is 1. The van der Waals surface area contributed by atoms with E-state index in [1.54, 1.807) is 18.2 Å². The number of amides is 1. The van der Waals surface area contributed by atoms with E-state index >= 15 is 0 Å². The molecule has 2 N–H and O–H groups in total. The van der Waals surface area contributed by atoms with Crippen molar-refractivity contribution in [2.75, 3.05) is 7.11 Å². The summed E-state index contributed by atoms with van der Waals surface area (Å²) in [5.41, 5.74) is 0.887. The lowest BCUT2D eigenvalue weighted by molar-refractivity contribution is -0.120. The first-order valence-corrected chi connectivity index (χ1v) is 5.95. The molecule has 1 aromatic carbocycles. The molecule has 0 spiro atoms. The van der Waals surface area contributed by atoms with Crippen LogP contribution in [0.25, 0.3) is 0 Å². The van der Waals surface area contributed by atoms with Gasteiger partial charge in [-0.1, -0.05) is 25.1 Å². The van der Waals surface area contributed by atoms with E-state index in [4.69, 9.17) is 4.74 Å². The summed E-state index contributed by atoms with van der Waals surface area (Å²) in [5.74, 6) is 0.484. The van der Waals surface area contributed by atoms with Crippen molar-refractivity contribution in [1.29, 1.82) is 0 Å². The zero-order valence-electron chi connectivity index (χ0n) is 10.8. The summed E-state index contributed by atoms with van der Waals surface area (Å²) in [4.78, 5) is 11.5. The van der Waals surface area contributed by atoms with Gasteiger partial charge in [0.25, 0.3) is 0 Å². The van der Waals surface area contributed by atoms with Gasteiger partial charge in [0.2, 0.25) is 5.91 Å². The molecule has 0 heterocycles. The normalized spacial score (nSPS) is 10.6. The topological polar surface area (TPSA) is 58.6 Å². The Bertz CT molecular complexity index is 427. The standard InChI is InChI=1S/C14H19NO3/c1-3-4-5-6-14(17)15-10-11-7-8-12(16)13(9-11)18-2/h4-5,7-9,16H,3,6,10H2,1-2H3,(H,15,17)/b5-4+. The predicted molar refractivity (Wildman–Crippen MR) is 70.6 cm³/mol. The molecule has 1 rings (SSSR count). The Hall–Kier alpha value is -1.97. The Kier molecular flexibility index (Phi) is 5.77. The van der Waals surface area contributed by atoms with Gasteiger partial charge in [-0.05, 0) is 24.1 Å². The molecule has 18 heavy (non-hydrogen) atoms. The number of nitrogens with one attached hydrogen (secondary N) is 1. The van der Waals surface area contributed by atoms with Gasteiger partial charge < -0.3 is 15.2 Å². The van der Waals surface area contributed by atoms with Gasteiger partial charge in [0, 0.05) is 13.0 Å². The van der Waals surface area contributed by atoms with Crippen molar-refractivity contribution in [3.05, 3.63) is 35.9 Å². The van der Waals surface area contributed by atoms with E-state index in [9.17, 15) is 9.90 Å². The molecule has 0 aliphatic heterocycles. The lowest BCUT2D eigenvalue weighted by Gasteiger charge is -2.07. The minimum Gasteiger partial charge on any atom is -0.504 e. The molecule has 0 fully saturated rings. The third kappa shape index (κ3) is 4.49. The average molecular weight is 249 g/mol. The zero-order valence-corrected chi connectivity index (χ0v) is 10.8. The lowest BCUT2D eigenvalue weighted by atomic mass is 10.2. The van der Waals surface area contributed by atoms with Crippen LogP contribution in [0.4, 0.5) is 0 Å². The lowest BCUT2D eigenvalue weighted by Crippen LogP contribution is -2.21. The Labute approximate surface area is 107 Å². The van der Waals surface area contributed by atoms with Crippen LogP contribution in [0, 0.1) is 0 Å². The second kappa shape index (κ2) is 7.37. The van der Waals surface area contributed by atoms with Crippen LogP contribution in [0.2, 0.25) is 0 Å². The van der Waals surface area contributed by atoms with Crippen LogP contribution >= 0.6 is 0 Å². The third-order valence-corrected chi connectivity index (χ3v) is 2.44. The number of hydrogen-bond donors (Lipinski definition) is 2. The van der Waals surface area contributed by atoms with Crippen molar-refractivity contribution < 1.29 is 14.6 Å². The zero-order chi connectivity index (χ0) is 13.4. The Morgan fingerprint density at radius 1 is 1.44 bits per heavy atom. The third-order valence-electron chi connectivity index (χ3n) is 2.44. The van der Waals surface area contributed by atoms with Crippen LogP contribution in [0.3, 0.4) is 0 Å². The van der Waals surface area contributed by atoms with E-state index in [-0.39, 0.29) is 11.7 Å². The summed E-state index contributed by atoms with van der Waals surface area (Å²) in [6, 6.07) is 5.01. The van der Waals surface area contributed by atoms with Crippen molar-refractivity contribution in [1.82, 2.24) is 5.32 Å². The van der Waals surface area contributed by atoms with E-state index < -0.39 is 0 Å². The first-order valence-electron chi connectivity index (χ1n) is 5.95. The molecular formula is C14H19NO3. The van der Waals surface area contributed by atoms with Crippen molar-refractivity contribution in [3.63, 3.8) is 0 Å². The Morgan fingerprint density at radius 3 is 2.89 bits per heavy atom. The van der Waals surface area contributed by atoms with Crippen LogP contribution in [0.1, 0.15) is 25.3 Å². The number of methoxy groups -OCH3 is 1. The number of hydrogen-bond acceptors (Lipinski definition) is 3. The maximum absolute atomic E-state index is 11.5. The molecule has 0 aromatic heterocycles. The van der Waals surface area contributed by atoms with Gasteiger partial charge >= 0.3 is 0 Å². The first-order chi connectivity index (χ1) is 8.67. The van der Waals surface area contributed by atoms with Crippen molar-refractivity contribution in [2.45, 2.75) is 26.3 Å². The van der Waals surface area contributed by atoms with E-state index in [1.807, 2.05) is 19.1 Å². The van der Waals surface area contributed by atoms with Gasteiger partial charge in [0.1, 0.15) is 0 Å². The monoisotopic (exact) mass is 249 g/mol. The highest BCUT2D eigenvalue weighted by molar-refractivity contribution is 5.77. The molecule has 4 heteroatoms. The number of rotatable bonds is 6. The van der Waals surface area contributed by atoms with Gasteiger partial charge in [-0.15, -0.1) is 0 Å². The molecule has 98 valence electrons. The molecule has 0 aliphatic carbocycles. The highest BCUT2D eigenvalue weighted by Crippen LogP contribution is 2.26. The molecule has 0 saturated carbocycles. The van der Waals surface area contributed by atoms with Crippen molar-refractivity contribution in [2.24, 2.45) is 0 Å². The molecule has 0 unspecified atom stereocenters. The number of carbonyl (C=O) groups excluding carboxylic acids is 1. The summed E-state index contributed by atoms with van der Waals surface area (Å²) >= 11 is 0. The van der Waals surface area contributed by atoms with Gasteiger partial charge in [0.05, 0.1) is 7.11 Å². The molecule has 0 saturated heterocycles.